The second kappa shape index (κ2) is 10.7. The van der Waals surface area contributed by atoms with Gasteiger partial charge in [-0.05, 0) is 32.4 Å². The van der Waals surface area contributed by atoms with Crippen molar-refractivity contribution in [1.82, 2.24) is 10.6 Å². The molecule has 0 rings (SSSR count). The van der Waals surface area contributed by atoms with Gasteiger partial charge in [0.25, 0.3) is 0 Å². The lowest BCUT2D eigenvalue weighted by atomic mass is 10.3. The Balaban J connectivity index is 2.77. The van der Waals surface area contributed by atoms with E-state index in [4.69, 9.17) is 0 Å². The van der Waals surface area contributed by atoms with Gasteiger partial charge >= 0.3 is 0 Å². The van der Waals surface area contributed by atoms with Gasteiger partial charge in [0, 0.05) is 13.1 Å². The lowest BCUT2D eigenvalue weighted by Crippen LogP contribution is -2.28. The van der Waals surface area contributed by atoms with Crippen molar-refractivity contribution in [2.24, 2.45) is 0 Å². The van der Waals surface area contributed by atoms with Crippen LogP contribution in [-0.4, -0.2) is 26.2 Å². The summed E-state index contributed by atoms with van der Waals surface area (Å²) in [4.78, 5) is 0. The third-order valence-electron chi connectivity index (χ3n) is 1.67. The molecule has 0 aliphatic rings. The number of nitrogens with one attached hydrogen (secondary N) is 2. The molecule has 0 aliphatic carbocycles. The third kappa shape index (κ3) is 9.66. The monoisotopic (exact) mass is 170 g/mol. The maximum Gasteiger partial charge on any atom is 0.00767 e. The Morgan fingerprint density at radius 3 is 2.33 bits per heavy atom. The van der Waals surface area contributed by atoms with Crippen LogP contribution >= 0.6 is 0 Å². The van der Waals surface area contributed by atoms with Gasteiger partial charge in [-0.2, -0.15) is 0 Å². The van der Waals surface area contributed by atoms with E-state index in [1.807, 2.05) is 6.08 Å². The van der Waals surface area contributed by atoms with Crippen LogP contribution in [0.3, 0.4) is 0 Å². The zero-order chi connectivity index (χ0) is 9.07. The van der Waals surface area contributed by atoms with Gasteiger partial charge in [0.2, 0.25) is 0 Å². The van der Waals surface area contributed by atoms with Gasteiger partial charge in [-0.1, -0.05) is 13.0 Å². The highest BCUT2D eigenvalue weighted by Gasteiger charge is 1.86. The smallest absolute Gasteiger partial charge is 0.00767 e. The van der Waals surface area contributed by atoms with E-state index in [-0.39, 0.29) is 0 Å². The molecule has 0 heterocycles. The SMILES string of the molecule is C=CCCCNCCNCCC. The first kappa shape index (κ1) is 11.7. The van der Waals surface area contributed by atoms with Crippen LogP contribution in [0.5, 0.6) is 0 Å². The Kier molecular flexibility index (Phi) is 10.4. The summed E-state index contributed by atoms with van der Waals surface area (Å²) in [7, 11) is 0. The van der Waals surface area contributed by atoms with Crippen molar-refractivity contribution < 1.29 is 0 Å². The molecule has 2 heteroatoms. The minimum absolute atomic E-state index is 1.08. The maximum absolute atomic E-state index is 3.68. The fourth-order valence-corrected chi connectivity index (χ4v) is 0.975. The Morgan fingerprint density at radius 1 is 1.08 bits per heavy atom. The van der Waals surface area contributed by atoms with Gasteiger partial charge in [0.05, 0.1) is 0 Å². The average molecular weight is 170 g/mol. The number of hydrogen-bond donors (Lipinski definition) is 2. The molecule has 0 fully saturated rings. The molecular weight excluding hydrogens is 148 g/mol. The molecule has 0 aromatic heterocycles. The van der Waals surface area contributed by atoms with Gasteiger partial charge in [-0.3, -0.25) is 0 Å². The predicted octanol–water partition coefficient (Wildman–Crippen LogP) is 1.54. The summed E-state index contributed by atoms with van der Waals surface area (Å²) < 4.78 is 0. The van der Waals surface area contributed by atoms with Crippen LogP contribution < -0.4 is 10.6 Å². The Hall–Kier alpha value is -0.340. The highest BCUT2D eigenvalue weighted by Crippen LogP contribution is 1.84. The molecule has 0 spiro atoms. The third-order valence-corrected chi connectivity index (χ3v) is 1.67. The van der Waals surface area contributed by atoms with Gasteiger partial charge in [-0.25, -0.2) is 0 Å². The number of unbranched alkanes of at least 4 members (excludes halogenated alkanes) is 1. The minimum atomic E-state index is 1.08. The van der Waals surface area contributed by atoms with Crippen molar-refractivity contribution in [1.29, 1.82) is 0 Å². The zero-order valence-electron chi connectivity index (χ0n) is 8.23. The Bertz CT molecular complexity index is 91.8. The van der Waals surface area contributed by atoms with Crippen molar-refractivity contribution >= 4 is 0 Å². The molecule has 72 valence electrons. The van der Waals surface area contributed by atoms with Gasteiger partial charge in [0.15, 0.2) is 0 Å². The van der Waals surface area contributed by atoms with Crippen LogP contribution in [-0.2, 0) is 0 Å². The van der Waals surface area contributed by atoms with Crippen molar-refractivity contribution in [3.63, 3.8) is 0 Å². The molecule has 0 bridgehead atoms. The van der Waals surface area contributed by atoms with E-state index in [0.29, 0.717) is 0 Å². The highest BCUT2D eigenvalue weighted by molar-refractivity contribution is 4.66. The molecule has 0 atom stereocenters. The van der Waals surface area contributed by atoms with E-state index in [1.165, 1.54) is 12.8 Å². The van der Waals surface area contributed by atoms with Crippen LogP contribution in [0, 0.1) is 0 Å². The minimum Gasteiger partial charge on any atom is -0.315 e. The lowest BCUT2D eigenvalue weighted by molar-refractivity contribution is 0.596. The molecule has 0 radical (unpaired) electrons. The molecule has 0 aliphatic heterocycles. The Morgan fingerprint density at radius 2 is 1.75 bits per heavy atom. The van der Waals surface area contributed by atoms with Crippen molar-refractivity contribution in [3.8, 4) is 0 Å². The van der Waals surface area contributed by atoms with Crippen molar-refractivity contribution in [2.45, 2.75) is 26.2 Å². The van der Waals surface area contributed by atoms with Crippen LogP contribution in [0.15, 0.2) is 12.7 Å². The topological polar surface area (TPSA) is 24.1 Å². The largest absolute Gasteiger partial charge is 0.315 e. The number of hydrogen-bond acceptors (Lipinski definition) is 2. The molecule has 0 unspecified atom stereocenters. The summed E-state index contributed by atoms with van der Waals surface area (Å²) in [5, 5.41) is 6.71. The second-order valence-electron chi connectivity index (χ2n) is 2.93. The van der Waals surface area contributed by atoms with Gasteiger partial charge < -0.3 is 10.6 Å². The molecule has 0 saturated carbocycles. The lowest BCUT2D eigenvalue weighted by Gasteiger charge is -2.04. The van der Waals surface area contributed by atoms with Crippen LogP contribution in [0.4, 0.5) is 0 Å². The summed E-state index contributed by atoms with van der Waals surface area (Å²) in [6.07, 6.45) is 5.51. The number of rotatable bonds is 9. The average Bonchev–Trinajstić information content (AvgIpc) is 2.10. The zero-order valence-corrected chi connectivity index (χ0v) is 8.23. The number of allylic oxidation sites excluding steroid dienone is 1. The van der Waals surface area contributed by atoms with Gasteiger partial charge in [0.1, 0.15) is 0 Å². The highest BCUT2D eigenvalue weighted by atomic mass is 14.9. The van der Waals surface area contributed by atoms with E-state index in [1.54, 1.807) is 0 Å². The van der Waals surface area contributed by atoms with Crippen LogP contribution in [0.25, 0.3) is 0 Å². The van der Waals surface area contributed by atoms with Crippen LogP contribution in [0.1, 0.15) is 26.2 Å². The first-order valence-electron chi connectivity index (χ1n) is 4.94. The van der Waals surface area contributed by atoms with E-state index in [9.17, 15) is 0 Å². The first-order chi connectivity index (χ1) is 5.91. The standard InChI is InChI=1S/C10H22N2/c1-3-5-6-8-12-10-9-11-7-4-2/h3,11-12H,1,4-10H2,2H3. The molecular formula is C10H22N2. The molecule has 2 N–H and O–H groups in total. The fraction of sp³-hybridized carbons (Fsp3) is 0.800. The van der Waals surface area contributed by atoms with Crippen molar-refractivity contribution in [2.75, 3.05) is 26.2 Å². The van der Waals surface area contributed by atoms with Crippen molar-refractivity contribution in [3.05, 3.63) is 12.7 Å². The first-order valence-corrected chi connectivity index (χ1v) is 4.94. The summed E-state index contributed by atoms with van der Waals surface area (Å²) in [5.74, 6) is 0. The molecule has 0 aromatic rings. The maximum atomic E-state index is 3.68. The quantitative estimate of drug-likeness (QED) is 0.405. The van der Waals surface area contributed by atoms with E-state index in [2.05, 4.69) is 24.1 Å². The molecule has 2 nitrogen and oxygen atoms in total. The summed E-state index contributed by atoms with van der Waals surface area (Å²) in [5.41, 5.74) is 0. The summed E-state index contributed by atoms with van der Waals surface area (Å²) in [6, 6.07) is 0. The van der Waals surface area contributed by atoms with E-state index >= 15 is 0 Å². The predicted molar refractivity (Wildman–Crippen MR) is 55.5 cm³/mol. The fourth-order valence-electron chi connectivity index (χ4n) is 0.975. The van der Waals surface area contributed by atoms with Gasteiger partial charge in [-0.15, -0.1) is 6.58 Å². The summed E-state index contributed by atoms with van der Waals surface area (Å²) in [6.45, 7) is 10.3. The van der Waals surface area contributed by atoms with Crippen LogP contribution in [0.2, 0.25) is 0 Å². The molecule has 0 saturated heterocycles. The second-order valence-corrected chi connectivity index (χ2v) is 2.93. The van der Waals surface area contributed by atoms with E-state index in [0.717, 1.165) is 32.6 Å². The molecule has 12 heavy (non-hydrogen) atoms. The summed E-state index contributed by atoms with van der Waals surface area (Å²) >= 11 is 0. The van der Waals surface area contributed by atoms with E-state index < -0.39 is 0 Å². The molecule has 0 aromatic carbocycles. The Labute approximate surface area is 76.4 Å². The normalized spacial score (nSPS) is 10.1. The molecule has 0 amide bonds.